The van der Waals surface area contributed by atoms with Gasteiger partial charge in [-0.3, -0.25) is 4.79 Å². The van der Waals surface area contributed by atoms with Gasteiger partial charge in [0.15, 0.2) is 5.78 Å². The molecule has 0 aliphatic heterocycles. The Labute approximate surface area is 102 Å². The largest absolute Gasteiger partial charge is 0.498 e. The summed E-state index contributed by atoms with van der Waals surface area (Å²) >= 11 is 0. The Hall–Kier alpha value is -1.30. The van der Waals surface area contributed by atoms with Crippen LogP contribution in [0.1, 0.15) is 39.5 Å². The minimum atomic E-state index is -0.766. The number of carbonyl (C=O) groups is 1. The molecule has 2 aliphatic rings. The van der Waals surface area contributed by atoms with Crippen molar-refractivity contribution in [2.75, 3.05) is 6.61 Å². The number of nitriles is 1. The van der Waals surface area contributed by atoms with Crippen molar-refractivity contribution in [3.8, 4) is 6.07 Å². The highest BCUT2D eigenvalue weighted by atomic mass is 16.5. The predicted molar refractivity (Wildman–Crippen MR) is 63.9 cm³/mol. The van der Waals surface area contributed by atoms with Crippen molar-refractivity contribution in [2.45, 2.75) is 39.5 Å². The third-order valence-electron chi connectivity index (χ3n) is 4.23. The standard InChI is InChI=1S/C14H19NO2/c1-3-17-11-7-12-10(2)5-4-6-14(12,9-15)13(16)8-11/h8,10,12H,3-7H2,1-2H3/t10?,12-,14+/m0/s1. The van der Waals surface area contributed by atoms with E-state index in [9.17, 15) is 10.1 Å². The lowest BCUT2D eigenvalue weighted by atomic mass is 9.57. The zero-order valence-corrected chi connectivity index (χ0v) is 10.5. The van der Waals surface area contributed by atoms with Crippen molar-refractivity contribution in [1.29, 1.82) is 5.26 Å². The van der Waals surface area contributed by atoms with E-state index in [2.05, 4.69) is 13.0 Å². The molecule has 3 atom stereocenters. The van der Waals surface area contributed by atoms with Gasteiger partial charge in [0.25, 0.3) is 0 Å². The number of allylic oxidation sites excluding steroid dienone is 2. The molecule has 17 heavy (non-hydrogen) atoms. The van der Waals surface area contributed by atoms with Gasteiger partial charge in [0.1, 0.15) is 5.41 Å². The predicted octanol–water partition coefficient (Wildman–Crippen LogP) is 2.83. The van der Waals surface area contributed by atoms with Crippen LogP contribution in [-0.4, -0.2) is 12.4 Å². The molecule has 0 aromatic carbocycles. The van der Waals surface area contributed by atoms with Crippen LogP contribution in [0.3, 0.4) is 0 Å². The molecule has 0 saturated heterocycles. The molecule has 0 aromatic heterocycles. The van der Waals surface area contributed by atoms with E-state index < -0.39 is 5.41 Å². The van der Waals surface area contributed by atoms with E-state index in [-0.39, 0.29) is 11.7 Å². The number of carbonyl (C=O) groups excluding carboxylic acids is 1. The van der Waals surface area contributed by atoms with Crippen molar-refractivity contribution in [3.63, 3.8) is 0 Å². The molecule has 3 nitrogen and oxygen atoms in total. The minimum Gasteiger partial charge on any atom is -0.498 e. The highest BCUT2D eigenvalue weighted by molar-refractivity contribution is 5.98. The van der Waals surface area contributed by atoms with Crippen molar-refractivity contribution in [3.05, 3.63) is 11.8 Å². The van der Waals surface area contributed by atoms with Gasteiger partial charge in [-0.15, -0.1) is 0 Å². The first-order valence-electron chi connectivity index (χ1n) is 6.43. The molecule has 0 aromatic rings. The maximum Gasteiger partial charge on any atom is 0.179 e. The summed E-state index contributed by atoms with van der Waals surface area (Å²) < 4.78 is 5.47. The van der Waals surface area contributed by atoms with E-state index in [4.69, 9.17) is 4.74 Å². The quantitative estimate of drug-likeness (QED) is 0.737. The SMILES string of the molecule is CCOC1=CC(=O)[C@@]2(C#N)CCCC(C)[C@@H]2C1. The molecule has 0 amide bonds. The molecule has 0 bridgehead atoms. The number of rotatable bonds is 2. The second kappa shape index (κ2) is 4.52. The summed E-state index contributed by atoms with van der Waals surface area (Å²) in [5.74, 6) is 1.30. The molecule has 1 fully saturated rings. The monoisotopic (exact) mass is 233 g/mol. The average molecular weight is 233 g/mol. The van der Waals surface area contributed by atoms with Gasteiger partial charge in [-0.2, -0.15) is 5.26 Å². The van der Waals surface area contributed by atoms with Gasteiger partial charge in [-0.1, -0.05) is 19.8 Å². The lowest BCUT2D eigenvalue weighted by Crippen LogP contribution is -2.45. The Kier molecular flexibility index (Phi) is 3.24. The van der Waals surface area contributed by atoms with Gasteiger partial charge in [0, 0.05) is 12.5 Å². The molecular weight excluding hydrogens is 214 g/mol. The normalized spacial score (nSPS) is 36.8. The number of ketones is 1. The van der Waals surface area contributed by atoms with Crippen LogP contribution in [0.4, 0.5) is 0 Å². The van der Waals surface area contributed by atoms with Crippen molar-refractivity contribution >= 4 is 5.78 Å². The van der Waals surface area contributed by atoms with E-state index in [1.807, 2.05) is 6.92 Å². The van der Waals surface area contributed by atoms with Gasteiger partial charge >= 0.3 is 0 Å². The fraction of sp³-hybridized carbons (Fsp3) is 0.714. The zero-order chi connectivity index (χ0) is 12.5. The molecule has 0 heterocycles. The van der Waals surface area contributed by atoms with Crippen LogP contribution in [0.2, 0.25) is 0 Å². The lowest BCUT2D eigenvalue weighted by molar-refractivity contribution is -0.128. The summed E-state index contributed by atoms with van der Waals surface area (Å²) in [6, 6.07) is 2.31. The second-order valence-electron chi connectivity index (χ2n) is 5.17. The molecular formula is C14H19NO2. The number of hydrogen-bond acceptors (Lipinski definition) is 3. The summed E-state index contributed by atoms with van der Waals surface area (Å²) in [4.78, 5) is 12.2. The van der Waals surface area contributed by atoms with Crippen LogP contribution in [0.5, 0.6) is 0 Å². The maximum absolute atomic E-state index is 12.2. The van der Waals surface area contributed by atoms with Crippen LogP contribution in [0, 0.1) is 28.6 Å². The molecule has 2 rings (SSSR count). The molecule has 2 aliphatic carbocycles. The van der Waals surface area contributed by atoms with Crippen LogP contribution in [0.25, 0.3) is 0 Å². The molecule has 1 saturated carbocycles. The summed E-state index contributed by atoms with van der Waals surface area (Å²) in [7, 11) is 0. The Morgan fingerprint density at radius 1 is 1.65 bits per heavy atom. The first-order valence-corrected chi connectivity index (χ1v) is 6.43. The first kappa shape index (κ1) is 12.2. The average Bonchev–Trinajstić information content (AvgIpc) is 2.31. The first-order chi connectivity index (χ1) is 8.14. The summed E-state index contributed by atoms with van der Waals surface area (Å²) in [5.41, 5.74) is -0.766. The van der Waals surface area contributed by atoms with Crippen LogP contribution < -0.4 is 0 Å². The topological polar surface area (TPSA) is 50.1 Å². The van der Waals surface area contributed by atoms with Gasteiger partial charge in [-0.25, -0.2) is 0 Å². The smallest absolute Gasteiger partial charge is 0.179 e. The van der Waals surface area contributed by atoms with Crippen molar-refractivity contribution < 1.29 is 9.53 Å². The molecule has 3 heteroatoms. The van der Waals surface area contributed by atoms with E-state index in [1.54, 1.807) is 6.08 Å². The summed E-state index contributed by atoms with van der Waals surface area (Å²) in [5, 5.41) is 9.44. The van der Waals surface area contributed by atoms with Gasteiger partial charge in [0.2, 0.25) is 0 Å². The van der Waals surface area contributed by atoms with Crippen LogP contribution in [-0.2, 0) is 9.53 Å². The Balaban J connectivity index is 2.35. The summed E-state index contributed by atoms with van der Waals surface area (Å²) in [6.45, 7) is 4.65. The highest BCUT2D eigenvalue weighted by Gasteiger charge is 2.51. The van der Waals surface area contributed by atoms with E-state index in [0.29, 0.717) is 18.9 Å². The molecule has 1 unspecified atom stereocenters. The Morgan fingerprint density at radius 2 is 2.41 bits per heavy atom. The number of nitrogens with zero attached hydrogens (tertiary/aromatic N) is 1. The lowest BCUT2D eigenvalue weighted by Gasteiger charge is -2.43. The van der Waals surface area contributed by atoms with E-state index in [1.165, 1.54) is 0 Å². The number of ether oxygens (including phenoxy) is 1. The number of hydrogen-bond donors (Lipinski definition) is 0. The van der Waals surface area contributed by atoms with Crippen LogP contribution >= 0.6 is 0 Å². The Bertz CT molecular complexity index is 394. The van der Waals surface area contributed by atoms with E-state index >= 15 is 0 Å². The highest BCUT2D eigenvalue weighted by Crippen LogP contribution is 2.50. The molecule has 0 spiro atoms. The van der Waals surface area contributed by atoms with Crippen molar-refractivity contribution in [2.24, 2.45) is 17.3 Å². The van der Waals surface area contributed by atoms with Gasteiger partial charge < -0.3 is 4.74 Å². The number of fused-ring (bicyclic) bond motifs is 1. The third kappa shape index (κ3) is 1.86. The van der Waals surface area contributed by atoms with Gasteiger partial charge in [0.05, 0.1) is 18.4 Å². The van der Waals surface area contributed by atoms with Crippen LogP contribution in [0.15, 0.2) is 11.8 Å². The fourth-order valence-electron chi connectivity index (χ4n) is 3.29. The molecule has 0 N–H and O–H groups in total. The minimum absolute atomic E-state index is 0.0359. The van der Waals surface area contributed by atoms with Crippen molar-refractivity contribution in [1.82, 2.24) is 0 Å². The Morgan fingerprint density at radius 3 is 3.06 bits per heavy atom. The second-order valence-corrected chi connectivity index (χ2v) is 5.17. The molecule has 0 radical (unpaired) electrons. The zero-order valence-electron chi connectivity index (χ0n) is 10.5. The van der Waals surface area contributed by atoms with Gasteiger partial charge in [-0.05, 0) is 25.2 Å². The maximum atomic E-state index is 12.2. The summed E-state index contributed by atoms with van der Waals surface area (Å²) in [6.07, 6.45) is 5.11. The third-order valence-corrected chi connectivity index (χ3v) is 4.23. The molecule has 92 valence electrons. The van der Waals surface area contributed by atoms with E-state index in [0.717, 1.165) is 25.0 Å². The fourth-order valence-corrected chi connectivity index (χ4v) is 3.29.